The van der Waals surface area contributed by atoms with Crippen molar-refractivity contribution in [2.45, 2.75) is 38.8 Å². The molecule has 0 aliphatic rings. The van der Waals surface area contributed by atoms with Gasteiger partial charge in [0.2, 0.25) is 5.56 Å². The fourth-order valence-electron chi connectivity index (χ4n) is 2.39. The quantitative estimate of drug-likeness (QED) is 0.711. The first kappa shape index (κ1) is 18.6. The van der Waals surface area contributed by atoms with E-state index in [1.807, 2.05) is 31.2 Å². The van der Waals surface area contributed by atoms with Gasteiger partial charge in [0, 0.05) is 35.1 Å². The zero-order chi connectivity index (χ0) is 18.2. The lowest BCUT2D eigenvalue weighted by Crippen LogP contribution is -2.35. The molecule has 1 aromatic carbocycles. The number of pyridine rings is 1. The van der Waals surface area contributed by atoms with E-state index < -0.39 is 0 Å². The van der Waals surface area contributed by atoms with Crippen molar-refractivity contribution in [1.29, 1.82) is 0 Å². The molecule has 25 heavy (non-hydrogen) atoms. The van der Waals surface area contributed by atoms with E-state index in [-0.39, 0.29) is 17.7 Å². The first-order valence-electron chi connectivity index (χ1n) is 8.44. The molecule has 4 nitrogen and oxygen atoms in total. The second kappa shape index (κ2) is 8.91. The summed E-state index contributed by atoms with van der Waals surface area (Å²) in [6.45, 7) is 8.05. The van der Waals surface area contributed by atoms with Gasteiger partial charge in [-0.1, -0.05) is 43.9 Å². The zero-order valence-corrected chi connectivity index (χ0v) is 14.7. The summed E-state index contributed by atoms with van der Waals surface area (Å²) in [6, 6.07) is 10.8. The summed E-state index contributed by atoms with van der Waals surface area (Å²) in [5, 5.41) is 13.3. The van der Waals surface area contributed by atoms with E-state index in [2.05, 4.69) is 35.6 Å². The molecule has 0 saturated carbocycles. The van der Waals surface area contributed by atoms with Crippen molar-refractivity contribution in [2.24, 2.45) is 0 Å². The lowest BCUT2D eigenvalue weighted by molar-refractivity contribution is 0.132. The third-order valence-corrected chi connectivity index (χ3v) is 3.93. The molecule has 3 N–H and O–H groups in total. The molecule has 2 atom stereocenters. The normalized spacial score (nSPS) is 12.6. The van der Waals surface area contributed by atoms with Gasteiger partial charge in [0.05, 0.1) is 6.10 Å². The Kier molecular flexibility index (Phi) is 6.62. The van der Waals surface area contributed by atoms with E-state index in [0.29, 0.717) is 0 Å². The molecule has 0 fully saturated rings. The first-order chi connectivity index (χ1) is 12.0. The van der Waals surface area contributed by atoms with Gasteiger partial charge in [-0.05, 0) is 37.1 Å². The minimum Gasteiger partial charge on any atom is -0.391 e. The minimum absolute atomic E-state index is 0.0489. The highest BCUT2D eigenvalue weighted by molar-refractivity contribution is 5.62. The summed E-state index contributed by atoms with van der Waals surface area (Å²) < 4.78 is 0. The highest BCUT2D eigenvalue weighted by atomic mass is 16.3. The second-order valence-electron chi connectivity index (χ2n) is 6.04. The van der Waals surface area contributed by atoms with Crippen LogP contribution in [0.1, 0.15) is 43.4 Å². The van der Waals surface area contributed by atoms with Gasteiger partial charge in [0.15, 0.2) is 0 Å². The second-order valence-corrected chi connectivity index (χ2v) is 6.04. The molecule has 0 saturated heterocycles. The number of hydrogen-bond acceptors (Lipinski definition) is 3. The van der Waals surface area contributed by atoms with Crippen molar-refractivity contribution in [3.05, 3.63) is 76.2 Å². The Morgan fingerprint density at radius 1 is 1.20 bits per heavy atom. The van der Waals surface area contributed by atoms with Crippen LogP contribution in [-0.4, -0.2) is 22.2 Å². The lowest BCUT2D eigenvalue weighted by Gasteiger charge is -2.22. The molecule has 0 spiro atoms. The summed E-state index contributed by atoms with van der Waals surface area (Å²) in [5.41, 5.74) is 3.24. The fourth-order valence-corrected chi connectivity index (χ4v) is 2.39. The van der Waals surface area contributed by atoms with Crippen molar-refractivity contribution in [3.63, 3.8) is 0 Å². The molecule has 2 rings (SSSR count). The van der Waals surface area contributed by atoms with Gasteiger partial charge in [0.1, 0.15) is 0 Å². The molecule has 4 heteroatoms. The lowest BCUT2D eigenvalue weighted by atomic mass is 10.1. The van der Waals surface area contributed by atoms with E-state index in [1.54, 1.807) is 12.3 Å². The Hall–Kier alpha value is -2.77. The number of benzene rings is 1. The van der Waals surface area contributed by atoms with Crippen molar-refractivity contribution in [3.8, 4) is 11.8 Å². The Labute approximate surface area is 148 Å². The average molecular weight is 336 g/mol. The highest BCUT2D eigenvalue weighted by Crippen LogP contribution is 2.13. The largest absolute Gasteiger partial charge is 0.391 e. The van der Waals surface area contributed by atoms with Gasteiger partial charge in [-0.25, -0.2) is 0 Å². The minimum atomic E-state index is -0.385. The molecule has 2 unspecified atom stereocenters. The van der Waals surface area contributed by atoms with Gasteiger partial charge in [-0.3, -0.25) is 4.79 Å². The van der Waals surface area contributed by atoms with Crippen molar-refractivity contribution >= 4 is 5.70 Å². The number of rotatable bonds is 6. The van der Waals surface area contributed by atoms with Crippen LogP contribution >= 0.6 is 0 Å². The number of aromatic amines is 1. The number of H-pyrrole nitrogens is 1. The maximum Gasteiger partial charge on any atom is 0.247 e. The summed E-state index contributed by atoms with van der Waals surface area (Å²) in [6.07, 6.45) is 2.92. The predicted octanol–water partition coefficient (Wildman–Crippen LogP) is 2.88. The molecule has 0 aliphatic carbocycles. The number of aromatic nitrogens is 1. The van der Waals surface area contributed by atoms with Crippen molar-refractivity contribution < 1.29 is 5.11 Å². The standard InChI is InChI=1S/C21H24N2O2/c1-4-5-20(24)16(3)23-15(2)19-11-8-17(9-12-19)6-7-18-10-13-21(25)22-14-18/h8-14,16,20,23-24H,2,4-5H2,1,3H3,(H,22,25). The molecule has 130 valence electrons. The average Bonchev–Trinajstić information content (AvgIpc) is 2.61. The van der Waals surface area contributed by atoms with Crippen LogP contribution < -0.4 is 10.9 Å². The molecule has 0 bridgehead atoms. The number of nitrogens with one attached hydrogen (secondary N) is 2. The van der Waals surface area contributed by atoms with E-state index in [4.69, 9.17) is 0 Å². The Balaban J connectivity index is 2.01. The SMILES string of the molecule is C=C(NC(C)C(O)CCC)c1ccc(C#Cc2ccc(=O)[nH]c2)cc1. The van der Waals surface area contributed by atoms with E-state index in [9.17, 15) is 9.90 Å². The molecule has 0 aliphatic heterocycles. The van der Waals surface area contributed by atoms with Gasteiger partial charge >= 0.3 is 0 Å². The van der Waals surface area contributed by atoms with Crippen molar-refractivity contribution in [1.82, 2.24) is 10.3 Å². The van der Waals surface area contributed by atoms with Crippen LogP contribution in [0.3, 0.4) is 0 Å². The van der Waals surface area contributed by atoms with E-state index in [1.165, 1.54) is 6.07 Å². The zero-order valence-electron chi connectivity index (χ0n) is 14.7. The van der Waals surface area contributed by atoms with Crippen LogP contribution in [0.2, 0.25) is 0 Å². The summed E-state index contributed by atoms with van der Waals surface area (Å²) in [7, 11) is 0. The third-order valence-electron chi connectivity index (χ3n) is 3.93. The molecular weight excluding hydrogens is 312 g/mol. The van der Waals surface area contributed by atoms with Gasteiger partial charge in [-0.15, -0.1) is 0 Å². The number of hydrogen-bond donors (Lipinski definition) is 3. The van der Waals surface area contributed by atoms with Crippen LogP contribution in [0.5, 0.6) is 0 Å². The maximum atomic E-state index is 11.0. The van der Waals surface area contributed by atoms with E-state index in [0.717, 1.165) is 35.2 Å². The van der Waals surface area contributed by atoms with Gasteiger partial charge < -0.3 is 15.4 Å². The van der Waals surface area contributed by atoms with Crippen LogP contribution in [0.15, 0.2) is 54.0 Å². The van der Waals surface area contributed by atoms with Crippen LogP contribution in [0, 0.1) is 11.8 Å². The Morgan fingerprint density at radius 2 is 1.84 bits per heavy atom. The topological polar surface area (TPSA) is 65.1 Å². The fraction of sp³-hybridized carbons (Fsp3) is 0.286. The molecule has 1 aromatic heterocycles. The van der Waals surface area contributed by atoms with Crippen LogP contribution in [0.4, 0.5) is 0 Å². The molecule has 0 amide bonds. The monoisotopic (exact) mass is 336 g/mol. The smallest absolute Gasteiger partial charge is 0.247 e. The van der Waals surface area contributed by atoms with Crippen LogP contribution in [-0.2, 0) is 0 Å². The maximum absolute atomic E-state index is 11.0. The molecule has 2 aromatic rings. The van der Waals surface area contributed by atoms with Gasteiger partial charge in [0.25, 0.3) is 0 Å². The number of aliphatic hydroxyl groups is 1. The van der Waals surface area contributed by atoms with Gasteiger partial charge in [-0.2, -0.15) is 0 Å². The summed E-state index contributed by atoms with van der Waals surface area (Å²) in [5.74, 6) is 6.07. The predicted molar refractivity (Wildman–Crippen MR) is 102 cm³/mol. The Morgan fingerprint density at radius 3 is 2.44 bits per heavy atom. The van der Waals surface area contributed by atoms with Crippen LogP contribution in [0.25, 0.3) is 5.70 Å². The molecular formula is C21H24N2O2. The van der Waals surface area contributed by atoms with Crippen molar-refractivity contribution in [2.75, 3.05) is 0 Å². The summed E-state index contributed by atoms with van der Waals surface area (Å²) >= 11 is 0. The molecule has 1 heterocycles. The first-order valence-corrected chi connectivity index (χ1v) is 8.44. The molecule has 0 radical (unpaired) electrons. The highest BCUT2D eigenvalue weighted by Gasteiger charge is 2.13. The Bertz CT molecular complexity index is 805. The summed E-state index contributed by atoms with van der Waals surface area (Å²) in [4.78, 5) is 13.6. The van der Waals surface area contributed by atoms with E-state index >= 15 is 0 Å². The third kappa shape index (κ3) is 5.66. The number of aliphatic hydroxyl groups excluding tert-OH is 1.